The first-order chi connectivity index (χ1) is 11.5. The van der Waals surface area contributed by atoms with E-state index in [4.69, 9.17) is 16.3 Å². The smallest absolute Gasteiger partial charge is 0.320 e. The fraction of sp³-hybridized carbons (Fsp3) is 0.412. The van der Waals surface area contributed by atoms with E-state index in [9.17, 15) is 4.79 Å². The summed E-state index contributed by atoms with van der Waals surface area (Å²) in [5, 5.41) is 10.7. The second-order valence-corrected chi connectivity index (χ2v) is 6.53. The van der Waals surface area contributed by atoms with Gasteiger partial charge in [-0.3, -0.25) is 5.32 Å². The Morgan fingerprint density at radius 2 is 2.08 bits per heavy atom. The average molecular weight is 349 g/mol. The Labute approximate surface area is 146 Å². The van der Waals surface area contributed by atoms with Crippen molar-refractivity contribution in [3.8, 4) is 0 Å². The molecular formula is C17H21ClN4O2. The molecule has 0 aliphatic carbocycles. The molecule has 2 atom stereocenters. The Balaban J connectivity index is 1.65. The first-order valence-electron chi connectivity index (χ1n) is 8.02. The standard InChI is InChI=1S/C17H21ClN4O2/c1-11(2)22-15(7-9-19-22)21-17(23)20-14-8-10-24-16(14)12-3-5-13(18)6-4-12/h3-7,9,11,14,16H,8,10H2,1-2H3,(H2,20,21,23)/t14-,16-/m0/s1. The minimum absolute atomic E-state index is 0.0819. The molecule has 2 aromatic rings. The van der Waals surface area contributed by atoms with Gasteiger partial charge in [0.2, 0.25) is 0 Å². The fourth-order valence-corrected chi connectivity index (χ4v) is 2.99. The van der Waals surface area contributed by atoms with Gasteiger partial charge in [0.1, 0.15) is 11.9 Å². The number of halogens is 1. The van der Waals surface area contributed by atoms with Crippen LogP contribution in [-0.4, -0.2) is 28.5 Å². The molecule has 2 amide bonds. The number of amides is 2. The van der Waals surface area contributed by atoms with Gasteiger partial charge in [0.05, 0.1) is 12.2 Å². The zero-order valence-electron chi connectivity index (χ0n) is 13.7. The van der Waals surface area contributed by atoms with E-state index in [0.717, 1.165) is 12.0 Å². The second kappa shape index (κ2) is 7.23. The first kappa shape index (κ1) is 16.8. The highest BCUT2D eigenvalue weighted by Gasteiger charge is 2.31. The van der Waals surface area contributed by atoms with Crippen LogP contribution in [0.15, 0.2) is 36.5 Å². The van der Waals surface area contributed by atoms with Crippen LogP contribution in [0, 0.1) is 0 Å². The van der Waals surface area contributed by atoms with Crippen molar-refractivity contribution in [3.63, 3.8) is 0 Å². The van der Waals surface area contributed by atoms with Gasteiger partial charge >= 0.3 is 6.03 Å². The first-order valence-corrected chi connectivity index (χ1v) is 8.40. The number of aromatic nitrogens is 2. The molecule has 0 unspecified atom stereocenters. The van der Waals surface area contributed by atoms with Crippen LogP contribution in [0.1, 0.15) is 38.0 Å². The minimum atomic E-state index is -0.258. The maximum absolute atomic E-state index is 12.3. The summed E-state index contributed by atoms with van der Waals surface area (Å²) in [6.07, 6.45) is 2.28. The highest BCUT2D eigenvalue weighted by molar-refractivity contribution is 6.30. The molecule has 7 heteroatoms. The van der Waals surface area contributed by atoms with Crippen LogP contribution in [0.2, 0.25) is 5.02 Å². The van der Waals surface area contributed by atoms with Crippen molar-refractivity contribution in [2.45, 2.75) is 38.5 Å². The Morgan fingerprint density at radius 1 is 1.33 bits per heavy atom. The molecule has 3 rings (SSSR count). The molecule has 1 aliphatic heterocycles. The molecule has 2 heterocycles. The molecule has 1 aromatic carbocycles. The summed E-state index contributed by atoms with van der Waals surface area (Å²) in [5.41, 5.74) is 1.01. The number of anilines is 1. The van der Waals surface area contributed by atoms with Crippen LogP contribution in [-0.2, 0) is 4.74 Å². The van der Waals surface area contributed by atoms with Gasteiger partial charge in [-0.1, -0.05) is 23.7 Å². The topological polar surface area (TPSA) is 68.2 Å². The van der Waals surface area contributed by atoms with Gasteiger partial charge in [0, 0.05) is 23.7 Å². The molecular weight excluding hydrogens is 328 g/mol. The third-order valence-corrected chi connectivity index (χ3v) is 4.26. The van der Waals surface area contributed by atoms with Crippen LogP contribution in [0.25, 0.3) is 0 Å². The van der Waals surface area contributed by atoms with Crippen LogP contribution >= 0.6 is 11.6 Å². The van der Waals surface area contributed by atoms with Crippen molar-refractivity contribution in [2.24, 2.45) is 0 Å². The van der Waals surface area contributed by atoms with Gasteiger partial charge in [0.25, 0.3) is 0 Å². The van der Waals surface area contributed by atoms with E-state index in [1.165, 1.54) is 0 Å². The normalized spacial score (nSPS) is 20.3. The number of hydrogen-bond acceptors (Lipinski definition) is 3. The Hall–Kier alpha value is -2.05. The highest BCUT2D eigenvalue weighted by atomic mass is 35.5. The molecule has 0 radical (unpaired) electrons. The summed E-state index contributed by atoms with van der Waals surface area (Å²) in [6.45, 7) is 4.64. The van der Waals surface area contributed by atoms with E-state index in [0.29, 0.717) is 17.4 Å². The second-order valence-electron chi connectivity index (χ2n) is 6.09. The maximum Gasteiger partial charge on any atom is 0.320 e. The minimum Gasteiger partial charge on any atom is -0.371 e. The van der Waals surface area contributed by atoms with E-state index < -0.39 is 0 Å². The number of nitrogens with zero attached hydrogens (tertiary/aromatic N) is 2. The van der Waals surface area contributed by atoms with Crippen molar-refractivity contribution in [1.82, 2.24) is 15.1 Å². The zero-order valence-corrected chi connectivity index (χ0v) is 14.5. The van der Waals surface area contributed by atoms with Crippen molar-refractivity contribution >= 4 is 23.4 Å². The monoisotopic (exact) mass is 348 g/mol. The van der Waals surface area contributed by atoms with Gasteiger partial charge in [-0.25, -0.2) is 9.48 Å². The number of urea groups is 1. The van der Waals surface area contributed by atoms with Crippen LogP contribution < -0.4 is 10.6 Å². The lowest BCUT2D eigenvalue weighted by molar-refractivity contribution is 0.100. The summed E-state index contributed by atoms with van der Waals surface area (Å²) in [7, 11) is 0. The van der Waals surface area contributed by atoms with Gasteiger partial charge in [0.15, 0.2) is 0 Å². The lowest BCUT2D eigenvalue weighted by atomic mass is 10.0. The number of carbonyl (C=O) groups is 1. The summed E-state index contributed by atoms with van der Waals surface area (Å²) < 4.78 is 7.55. The van der Waals surface area contributed by atoms with E-state index in [1.807, 2.05) is 38.1 Å². The predicted octanol–water partition coefficient (Wildman–Crippen LogP) is 3.77. The number of benzene rings is 1. The van der Waals surface area contributed by atoms with Crippen LogP contribution in [0.5, 0.6) is 0 Å². The molecule has 2 N–H and O–H groups in total. The third-order valence-electron chi connectivity index (χ3n) is 4.01. The average Bonchev–Trinajstić information content (AvgIpc) is 3.17. The third kappa shape index (κ3) is 3.71. The maximum atomic E-state index is 12.3. The van der Waals surface area contributed by atoms with E-state index in [2.05, 4.69) is 15.7 Å². The molecule has 1 fully saturated rings. The molecule has 1 saturated heterocycles. The van der Waals surface area contributed by atoms with E-state index >= 15 is 0 Å². The SMILES string of the molecule is CC(C)n1nccc1NC(=O)N[C@H]1CCO[C@H]1c1ccc(Cl)cc1. The van der Waals surface area contributed by atoms with Crippen molar-refractivity contribution in [2.75, 3.05) is 11.9 Å². The Bertz CT molecular complexity index is 699. The molecule has 6 nitrogen and oxygen atoms in total. The molecule has 24 heavy (non-hydrogen) atoms. The number of nitrogens with one attached hydrogen (secondary N) is 2. The van der Waals surface area contributed by atoms with Gasteiger partial charge < -0.3 is 10.1 Å². The zero-order chi connectivity index (χ0) is 17.1. The van der Waals surface area contributed by atoms with Crippen molar-refractivity contribution in [1.29, 1.82) is 0 Å². The van der Waals surface area contributed by atoms with Gasteiger partial charge in [-0.05, 0) is 38.0 Å². The summed E-state index contributed by atoms with van der Waals surface area (Å²) in [5.74, 6) is 0.671. The highest BCUT2D eigenvalue weighted by Crippen LogP contribution is 2.30. The Kier molecular flexibility index (Phi) is 5.06. The summed E-state index contributed by atoms with van der Waals surface area (Å²) in [6, 6.07) is 9.13. The molecule has 1 aliphatic rings. The Morgan fingerprint density at radius 3 is 2.79 bits per heavy atom. The van der Waals surface area contributed by atoms with Gasteiger partial charge in [-0.15, -0.1) is 0 Å². The van der Waals surface area contributed by atoms with E-state index in [1.54, 1.807) is 16.9 Å². The number of hydrogen-bond donors (Lipinski definition) is 2. The number of ether oxygens (including phenoxy) is 1. The largest absolute Gasteiger partial charge is 0.371 e. The predicted molar refractivity (Wildman–Crippen MR) is 93.3 cm³/mol. The van der Waals surface area contributed by atoms with Crippen molar-refractivity contribution in [3.05, 3.63) is 47.1 Å². The van der Waals surface area contributed by atoms with Crippen LogP contribution in [0.3, 0.4) is 0 Å². The lowest BCUT2D eigenvalue weighted by Crippen LogP contribution is -2.40. The molecule has 128 valence electrons. The van der Waals surface area contributed by atoms with E-state index in [-0.39, 0.29) is 24.2 Å². The summed E-state index contributed by atoms with van der Waals surface area (Å²) in [4.78, 5) is 12.3. The molecule has 0 bridgehead atoms. The van der Waals surface area contributed by atoms with Crippen molar-refractivity contribution < 1.29 is 9.53 Å². The molecule has 0 spiro atoms. The fourth-order valence-electron chi connectivity index (χ4n) is 2.86. The lowest BCUT2D eigenvalue weighted by Gasteiger charge is -2.21. The van der Waals surface area contributed by atoms with Crippen LogP contribution in [0.4, 0.5) is 10.6 Å². The number of rotatable bonds is 4. The molecule has 0 saturated carbocycles. The number of carbonyl (C=O) groups excluding carboxylic acids is 1. The summed E-state index contributed by atoms with van der Waals surface area (Å²) >= 11 is 5.93. The van der Waals surface area contributed by atoms with Gasteiger partial charge in [-0.2, -0.15) is 5.10 Å². The quantitative estimate of drug-likeness (QED) is 0.883. The molecule has 1 aromatic heterocycles.